The van der Waals surface area contributed by atoms with E-state index < -0.39 is 0 Å². The lowest BCUT2D eigenvalue weighted by molar-refractivity contribution is 0.239. The molecular formula is C25H37N5O. The maximum Gasteiger partial charge on any atom is 0.191 e. The minimum absolute atomic E-state index is 0.251. The van der Waals surface area contributed by atoms with E-state index in [2.05, 4.69) is 75.9 Å². The van der Waals surface area contributed by atoms with Gasteiger partial charge in [0.25, 0.3) is 0 Å². The number of nitrogens with one attached hydrogen (secondary N) is 2. The lowest BCUT2D eigenvalue weighted by atomic mass is 10.0. The van der Waals surface area contributed by atoms with Crippen molar-refractivity contribution >= 4 is 5.96 Å². The fourth-order valence-corrected chi connectivity index (χ4v) is 4.23. The van der Waals surface area contributed by atoms with Gasteiger partial charge in [0.2, 0.25) is 0 Å². The Labute approximate surface area is 187 Å². The standard InChI is InChI=1S/C25H37N5O/c1-26-25(27-17-20-10-9-11-21(16-20)19-29(2)3)28-18-23(30-14-7-8-15-30)22-12-5-6-13-24(22)31-4/h5-6,9-13,16,23H,7-8,14-15,17-19H2,1-4H3,(H2,26,27,28). The number of guanidine groups is 1. The highest BCUT2D eigenvalue weighted by Crippen LogP contribution is 2.31. The van der Waals surface area contributed by atoms with Crippen LogP contribution in [0, 0.1) is 0 Å². The maximum absolute atomic E-state index is 5.66. The molecular weight excluding hydrogens is 386 g/mol. The van der Waals surface area contributed by atoms with Gasteiger partial charge in [-0.05, 0) is 57.2 Å². The first-order chi connectivity index (χ1) is 15.1. The fourth-order valence-electron chi connectivity index (χ4n) is 4.23. The number of ether oxygens (including phenoxy) is 1. The Hall–Kier alpha value is -2.57. The summed E-state index contributed by atoms with van der Waals surface area (Å²) in [6.45, 7) is 4.70. The predicted molar refractivity (Wildman–Crippen MR) is 129 cm³/mol. The SMILES string of the molecule is CN=C(NCc1cccc(CN(C)C)c1)NCC(c1ccccc1OC)N1CCCC1. The molecule has 1 atom stereocenters. The van der Waals surface area contributed by atoms with Crippen LogP contribution >= 0.6 is 0 Å². The van der Waals surface area contributed by atoms with E-state index in [1.165, 1.54) is 29.5 Å². The predicted octanol–water partition coefficient (Wildman–Crippen LogP) is 3.26. The monoisotopic (exact) mass is 423 g/mol. The third-order valence-corrected chi connectivity index (χ3v) is 5.72. The summed E-state index contributed by atoms with van der Waals surface area (Å²) in [5, 5.41) is 7.01. The maximum atomic E-state index is 5.66. The second kappa shape index (κ2) is 11.7. The molecule has 6 nitrogen and oxygen atoms in total. The molecule has 2 N–H and O–H groups in total. The summed E-state index contributed by atoms with van der Waals surface area (Å²) in [4.78, 5) is 9.17. The van der Waals surface area contributed by atoms with Gasteiger partial charge in [-0.25, -0.2) is 0 Å². The van der Waals surface area contributed by atoms with Crippen LogP contribution in [0.15, 0.2) is 53.5 Å². The van der Waals surface area contributed by atoms with Crippen molar-refractivity contribution < 1.29 is 4.74 Å². The molecule has 0 radical (unpaired) electrons. The molecule has 0 aliphatic carbocycles. The van der Waals surface area contributed by atoms with Crippen LogP contribution < -0.4 is 15.4 Å². The third-order valence-electron chi connectivity index (χ3n) is 5.72. The van der Waals surface area contributed by atoms with Gasteiger partial charge in [0.1, 0.15) is 5.75 Å². The second-order valence-corrected chi connectivity index (χ2v) is 8.37. The van der Waals surface area contributed by atoms with E-state index in [4.69, 9.17) is 4.74 Å². The van der Waals surface area contributed by atoms with E-state index in [0.717, 1.165) is 44.4 Å². The molecule has 2 aromatic carbocycles. The molecule has 168 valence electrons. The number of rotatable bonds is 9. The van der Waals surface area contributed by atoms with Crippen LogP contribution in [0.5, 0.6) is 5.75 Å². The first-order valence-corrected chi connectivity index (χ1v) is 11.1. The molecule has 1 aliphatic rings. The van der Waals surface area contributed by atoms with Crippen LogP contribution in [0.1, 0.15) is 35.6 Å². The van der Waals surface area contributed by atoms with E-state index in [0.29, 0.717) is 0 Å². The first-order valence-electron chi connectivity index (χ1n) is 11.1. The average molecular weight is 424 g/mol. The number of hydrogen-bond acceptors (Lipinski definition) is 4. The van der Waals surface area contributed by atoms with Crippen LogP contribution in [0.3, 0.4) is 0 Å². The summed E-state index contributed by atoms with van der Waals surface area (Å²) in [5.74, 6) is 1.76. The van der Waals surface area contributed by atoms with E-state index in [1.807, 2.05) is 19.2 Å². The Morgan fingerprint density at radius 3 is 2.52 bits per heavy atom. The highest BCUT2D eigenvalue weighted by Gasteiger charge is 2.26. The van der Waals surface area contributed by atoms with Gasteiger partial charge in [-0.3, -0.25) is 9.89 Å². The van der Waals surface area contributed by atoms with E-state index in [1.54, 1.807) is 7.11 Å². The van der Waals surface area contributed by atoms with Gasteiger partial charge in [-0.2, -0.15) is 0 Å². The molecule has 3 rings (SSSR count). The quantitative estimate of drug-likeness (QED) is 0.479. The van der Waals surface area contributed by atoms with E-state index in [9.17, 15) is 0 Å². The number of likely N-dealkylation sites (tertiary alicyclic amines) is 1. The average Bonchev–Trinajstić information content (AvgIpc) is 3.30. The summed E-state index contributed by atoms with van der Waals surface area (Å²) in [5.41, 5.74) is 3.80. The van der Waals surface area contributed by atoms with E-state index >= 15 is 0 Å². The molecule has 0 bridgehead atoms. The van der Waals surface area contributed by atoms with Crippen LogP contribution in [0.4, 0.5) is 0 Å². The van der Waals surface area contributed by atoms with Crippen LogP contribution in [-0.2, 0) is 13.1 Å². The number of hydrogen-bond donors (Lipinski definition) is 2. The normalized spacial score (nSPS) is 15.8. The second-order valence-electron chi connectivity index (χ2n) is 8.37. The molecule has 0 spiro atoms. The van der Waals surface area contributed by atoms with Gasteiger partial charge in [-0.15, -0.1) is 0 Å². The first kappa shape index (κ1) is 23.1. The molecule has 1 unspecified atom stereocenters. The van der Waals surface area contributed by atoms with Crippen LogP contribution in [0.2, 0.25) is 0 Å². The summed E-state index contributed by atoms with van der Waals surface area (Å²) >= 11 is 0. The topological polar surface area (TPSA) is 52.1 Å². The lowest BCUT2D eigenvalue weighted by Gasteiger charge is -2.30. The van der Waals surface area contributed by atoms with Crippen molar-refractivity contribution in [1.29, 1.82) is 0 Å². The van der Waals surface area contributed by atoms with Gasteiger partial charge in [-0.1, -0.05) is 42.5 Å². The highest BCUT2D eigenvalue weighted by molar-refractivity contribution is 5.79. The smallest absolute Gasteiger partial charge is 0.191 e. The molecule has 0 saturated carbocycles. The summed E-state index contributed by atoms with van der Waals surface area (Å²) in [6, 6.07) is 17.3. The molecule has 0 amide bonds. The van der Waals surface area contributed by atoms with Crippen molar-refractivity contribution in [3.8, 4) is 5.75 Å². The third kappa shape index (κ3) is 6.71. The number of para-hydroxylation sites is 1. The van der Waals surface area contributed by atoms with Crippen molar-refractivity contribution in [3.05, 3.63) is 65.2 Å². The van der Waals surface area contributed by atoms with E-state index in [-0.39, 0.29) is 6.04 Å². The Balaban J connectivity index is 1.63. The zero-order valence-corrected chi connectivity index (χ0v) is 19.4. The summed E-state index contributed by atoms with van der Waals surface area (Å²) in [6.07, 6.45) is 2.50. The van der Waals surface area contributed by atoms with Crippen molar-refractivity contribution in [3.63, 3.8) is 0 Å². The highest BCUT2D eigenvalue weighted by atomic mass is 16.5. The Morgan fingerprint density at radius 1 is 1.06 bits per heavy atom. The zero-order chi connectivity index (χ0) is 22.1. The van der Waals surface area contributed by atoms with Crippen LogP contribution in [0.25, 0.3) is 0 Å². The van der Waals surface area contributed by atoms with Gasteiger partial charge >= 0.3 is 0 Å². The van der Waals surface area contributed by atoms with Crippen molar-refractivity contribution in [2.24, 2.45) is 4.99 Å². The minimum Gasteiger partial charge on any atom is -0.496 e. The molecule has 1 aliphatic heterocycles. The fraction of sp³-hybridized carbons (Fsp3) is 0.480. The molecule has 0 aromatic heterocycles. The number of nitrogens with zero attached hydrogens (tertiary/aromatic N) is 3. The van der Waals surface area contributed by atoms with Crippen LogP contribution in [-0.4, -0.2) is 63.6 Å². The molecule has 31 heavy (non-hydrogen) atoms. The lowest BCUT2D eigenvalue weighted by Crippen LogP contribution is -2.42. The van der Waals surface area contributed by atoms with Gasteiger partial charge in [0.05, 0.1) is 13.2 Å². The van der Waals surface area contributed by atoms with Gasteiger partial charge in [0.15, 0.2) is 5.96 Å². The number of methoxy groups -OCH3 is 1. The van der Waals surface area contributed by atoms with Crippen molar-refractivity contribution in [1.82, 2.24) is 20.4 Å². The molecule has 2 aromatic rings. The summed E-state index contributed by atoms with van der Waals surface area (Å²) < 4.78 is 5.66. The Bertz CT molecular complexity index is 845. The molecule has 1 heterocycles. The Morgan fingerprint density at radius 2 is 1.81 bits per heavy atom. The number of benzene rings is 2. The molecule has 1 saturated heterocycles. The van der Waals surface area contributed by atoms with Crippen molar-refractivity contribution in [2.45, 2.75) is 32.0 Å². The van der Waals surface area contributed by atoms with Crippen molar-refractivity contribution in [2.75, 3.05) is 47.9 Å². The largest absolute Gasteiger partial charge is 0.496 e. The minimum atomic E-state index is 0.251. The van der Waals surface area contributed by atoms with Gasteiger partial charge < -0.3 is 20.3 Å². The Kier molecular flexibility index (Phi) is 8.74. The summed E-state index contributed by atoms with van der Waals surface area (Å²) in [7, 11) is 7.76. The molecule has 1 fully saturated rings. The zero-order valence-electron chi connectivity index (χ0n) is 19.4. The van der Waals surface area contributed by atoms with Gasteiger partial charge in [0, 0.05) is 32.2 Å². The number of aliphatic imine (C=N–C) groups is 1. The molecule has 6 heteroatoms.